The molecule has 0 aliphatic carbocycles. The Morgan fingerprint density at radius 3 is 2.45 bits per heavy atom. The number of halogens is 2. The molecule has 0 spiro atoms. The van der Waals surface area contributed by atoms with E-state index >= 15 is 0 Å². The van der Waals surface area contributed by atoms with Crippen LogP contribution in [0.25, 0.3) is 0 Å². The number of amides is 2. The highest BCUT2D eigenvalue weighted by Gasteiger charge is 2.38. The molecule has 2 aromatic rings. The number of ether oxygens (including phenoxy) is 1. The van der Waals surface area contributed by atoms with E-state index in [1.165, 1.54) is 6.07 Å². The molecule has 29 heavy (non-hydrogen) atoms. The van der Waals surface area contributed by atoms with E-state index < -0.39 is 17.7 Å². The van der Waals surface area contributed by atoms with Crippen LogP contribution in [-0.4, -0.2) is 52.4 Å². The Hall–Kier alpha value is -2.61. The minimum absolute atomic E-state index is 0.0209. The molecule has 0 N–H and O–H groups in total. The molecule has 2 heterocycles. The summed E-state index contributed by atoms with van der Waals surface area (Å²) in [5, 5.41) is 0. The summed E-state index contributed by atoms with van der Waals surface area (Å²) in [5.41, 5.74) is 0.429. The maximum absolute atomic E-state index is 13.7. The SMILES string of the molecule is O=C([C@H]1CSCN1C(=O)c1ccc(Oc2ccc(F)cc2F)cc1)N1CCCC1. The average molecular weight is 418 g/mol. The third-order valence-corrected chi connectivity index (χ3v) is 6.08. The van der Waals surface area contributed by atoms with Gasteiger partial charge in [-0.05, 0) is 49.2 Å². The van der Waals surface area contributed by atoms with Gasteiger partial charge in [-0.3, -0.25) is 9.59 Å². The van der Waals surface area contributed by atoms with Crippen LogP contribution in [0.2, 0.25) is 0 Å². The maximum Gasteiger partial charge on any atom is 0.255 e. The van der Waals surface area contributed by atoms with Crippen LogP contribution in [0.1, 0.15) is 23.2 Å². The van der Waals surface area contributed by atoms with Gasteiger partial charge in [0.05, 0.1) is 5.88 Å². The quantitative estimate of drug-likeness (QED) is 0.756. The fourth-order valence-corrected chi connectivity index (χ4v) is 4.66. The first-order valence-corrected chi connectivity index (χ1v) is 10.6. The van der Waals surface area contributed by atoms with Gasteiger partial charge in [0.1, 0.15) is 17.6 Å². The molecule has 5 nitrogen and oxygen atoms in total. The van der Waals surface area contributed by atoms with E-state index in [9.17, 15) is 18.4 Å². The zero-order chi connectivity index (χ0) is 20.4. The molecule has 0 aromatic heterocycles. The normalized spacial score (nSPS) is 18.9. The molecule has 0 unspecified atom stereocenters. The molecule has 0 saturated carbocycles. The van der Waals surface area contributed by atoms with Crippen molar-refractivity contribution in [1.29, 1.82) is 0 Å². The van der Waals surface area contributed by atoms with Gasteiger partial charge in [0.25, 0.3) is 5.91 Å². The number of hydrogen-bond acceptors (Lipinski definition) is 4. The number of likely N-dealkylation sites (tertiary alicyclic amines) is 1. The summed E-state index contributed by atoms with van der Waals surface area (Å²) >= 11 is 1.57. The van der Waals surface area contributed by atoms with Crippen LogP contribution in [0.15, 0.2) is 42.5 Å². The van der Waals surface area contributed by atoms with Gasteiger partial charge in [0.15, 0.2) is 11.6 Å². The Balaban J connectivity index is 1.45. The Morgan fingerprint density at radius 2 is 1.76 bits per heavy atom. The number of hydrogen-bond donors (Lipinski definition) is 0. The fraction of sp³-hybridized carbons (Fsp3) is 0.333. The number of benzene rings is 2. The van der Waals surface area contributed by atoms with E-state index in [1.54, 1.807) is 40.9 Å². The molecule has 2 aliphatic heterocycles. The molecule has 4 rings (SSSR count). The molecule has 0 bridgehead atoms. The van der Waals surface area contributed by atoms with Crippen LogP contribution in [0.5, 0.6) is 11.5 Å². The van der Waals surface area contributed by atoms with E-state index in [0.717, 1.165) is 38.1 Å². The third kappa shape index (κ3) is 4.22. The van der Waals surface area contributed by atoms with Crippen molar-refractivity contribution >= 4 is 23.6 Å². The van der Waals surface area contributed by atoms with Crippen LogP contribution in [-0.2, 0) is 4.79 Å². The van der Waals surface area contributed by atoms with Crippen molar-refractivity contribution < 1.29 is 23.1 Å². The van der Waals surface area contributed by atoms with Gasteiger partial charge in [-0.1, -0.05) is 0 Å². The van der Waals surface area contributed by atoms with Crippen LogP contribution < -0.4 is 4.74 Å². The number of carbonyl (C=O) groups is 2. The van der Waals surface area contributed by atoms with Gasteiger partial charge in [0.2, 0.25) is 5.91 Å². The first-order chi connectivity index (χ1) is 14.0. The van der Waals surface area contributed by atoms with Crippen LogP contribution in [0.4, 0.5) is 8.78 Å². The maximum atomic E-state index is 13.7. The standard InChI is InChI=1S/C21H20F2N2O3S/c22-15-5-8-19(17(23)11-15)28-16-6-3-14(4-7-16)20(26)25-13-29-12-18(25)21(27)24-9-1-2-10-24/h3-8,11,18H,1-2,9-10,12-13H2/t18-/m1/s1. The van der Waals surface area contributed by atoms with Crippen molar-refractivity contribution in [3.8, 4) is 11.5 Å². The summed E-state index contributed by atoms with van der Waals surface area (Å²) in [6, 6.07) is 8.90. The second-order valence-electron chi connectivity index (χ2n) is 7.02. The molecular weight excluding hydrogens is 398 g/mol. The second-order valence-corrected chi connectivity index (χ2v) is 8.02. The molecule has 2 aliphatic rings. The van der Waals surface area contributed by atoms with Gasteiger partial charge < -0.3 is 14.5 Å². The lowest BCUT2D eigenvalue weighted by molar-refractivity contribution is -0.133. The molecular formula is C21H20F2N2O3S. The number of rotatable bonds is 4. The molecule has 1 atom stereocenters. The molecule has 2 fully saturated rings. The predicted octanol–water partition coefficient (Wildman–Crippen LogP) is 3.89. The van der Waals surface area contributed by atoms with E-state index in [0.29, 0.717) is 22.9 Å². The van der Waals surface area contributed by atoms with Crippen molar-refractivity contribution in [3.05, 3.63) is 59.7 Å². The summed E-state index contributed by atoms with van der Waals surface area (Å²) in [5.74, 6) is -0.376. The topological polar surface area (TPSA) is 49.9 Å². The number of thioether (sulfide) groups is 1. The summed E-state index contributed by atoms with van der Waals surface area (Å²) in [7, 11) is 0. The lowest BCUT2D eigenvalue weighted by atomic mass is 10.1. The lowest BCUT2D eigenvalue weighted by Gasteiger charge is -2.27. The van der Waals surface area contributed by atoms with Crippen molar-refractivity contribution in [2.45, 2.75) is 18.9 Å². The van der Waals surface area contributed by atoms with Crippen molar-refractivity contribution in [2.24, 2.45) is 0 Å². The van der Waals surface area contributed by atoms with Crippen LogP contribution >= 0.6 is 11.8 Å². The van der Waals surface area contributed by atoms with Crippen LogP contribution in [0.3, 0.4) is 0 Å². The lowest BCUT2D eigenvalue weighted by Crippen LogP contribution is -2.48. The first-order valence-electron chi connectivity index (χ1n) is 9.43. The Morgan fingerprint density at radius 1 is 1.03 bits per heavy atom. The highest BCUT2D eigenvalue weighted by Crippen LogP contribution is 2.28. The van der Waals surface area contributed by atoms with E-state index in [1.807, 2.05) is 4.90 Å². The summed E-state index contributed by atoms with van der Waals surface area (Å²) in [4.78, 5) is 29.1. The summed E-state index contributed by atoms with van der Waals surface area (Å²) < 4.78 is 32.1. The molecule has 8 heteroatoms. The largest absolute Gasteiger partial charge is 0.454 e. The van der Waals surface area contributed by atoms with Gasteiger partial charge in [-0.15, -0.1) is 11.8 Å². The minimum atomic E-state index is -0.803. The monoisotopic (exact) mass is 418 g/mol. The molecule has 2 aromatic carbocycles. The molecule has 2 saturated heterocycles. The van der Waals surface area contributed by atoms with Crippen molar-refractivity contribution in [1.82, 2.24) is 9.80 Å². The third-order valence-electron chi connectivity index (χ3n) is 5.07. The number of carbonyl (C=O) groups excluding carboxylic acids is 2. The van der Waals surface area contributed by atoms with Crippen molar-refractivity contribution in [2.75, 3.05) is 24.7 Å². The van der Waals surface area contributed by atoms with Crippen LogP contribution in [0, 0.1) is 11.6 Å². The van der Waals surface area contributed by atoms with Gasteiger partial charge in [-0.2, -0.15) is 0 Å². The fourth-order valence-electron chi connectivity index (χ4n) is 3.51. The Bertz CT molecular complexity index is 917. The predicted molar refractivity (Wildman–Crippen MR) is 106 cm³/mol. The highest BCUT2D eigenvalue weighted by atomic mass is 32.2. The summed E-state index contributed by atoms with van der Waals surface area (Å²) in [6.45, 7) is 1.52. The Kier molecular flexibility index (Phi) is 5.71. The van der Waals surface area contributed by atoms with Gasteiger partial charge in [0, 0.05) is 30.5 Å². The van der Waals surface area contributed by atoms with Gasteiger partial charge >= 0.3 is 0 Å². The summed E-state index contributed by atoms with van der Waals surface area (Å²) in [6.07, 6.45) is 2.02. The second kappa shape index (κ2) is 8.41. The zero-order valence-corrected chi connectivity index (χ0v) is 16.5. The van der Waals surface area contributed by atoms with E-state index in [-0.39, 0.29) is 17.6 Å². The Labute approximate surface area is 171 Å². The number of nitrogens with zero attached hydrogens (tertiary/aromatic N) is 2. The first kappa shape index (κ1) is 19.7. The van der Waals surface area contributed by atoms with E-state index in [4.69, 9.17) is 4.74 Å². The average Bonchev–Trinajstić information content (AvgIpc) is 3.42. The highest BCUT2D eigenvalue weighted by molar-refractivity contribution is 7.99. The van der Waals surface area contributed by atoms with E-state index in [2.05, 4.69) is 0 Å². The van der Waals surface area contributed by atoms with Crippen molar-refractivity contribution in [3.63, 3.8) is 0 Å². The molecule has 0 radical (unpaired) electrons. The minimum Gasteiger partial charge on any atom is -0.454 e. The molecule has 152 valence electrons. The molecule has 2 amide bonds. The zero-order valence-electron chi connectivity index (χ0n) is 15.6. The smallest absolute Gasteiger partial charge is 0.255 e. The van der Waals surface area contributed by atoms with Gasteiger partial charge in [-0.25, -0.2) is 8.78 Å².